The fourth-order valence-electron chi connectivity index (χ4n) is 0.837. The zero-order valence-electron chi connectivity index (χ0n) is 8.12. The van der Waals surface area contributed by atoms with Crippen molar-refractivity contribution in [1.29, 1.82) is 0 Å². The average Bonchev–Trinajstić information content (AvgIpc) is 2.13. The van der Waals surface area contributed by atoms with E-state index < -0.39 is 12.1 Å². The van der Waals surface area contributed by atoms with E-state index in [2.05, 4.69) is 4.98 Å². The SMILES string of the molecule is Cc1nc(OC(C)C(=O)O)c(Cl)cc1Cl. The third kappa shape index (κ3) is 2.97. The minimum absolute atomic E-state index is 0.0773. The number of carbonyl (C=O) groups is 1. The number of hydrogen-bond donors (Lipinski definition) is 1. The lowest BCUT2D eigenvalue weighted by Gasteiger charge is -2.11. The van der Waals surface area contributed by atoms with Crippen molar-refractivity contribution in [1.82, 2.24) is 4.98 Å². The lowest BCUT2D eigenvalue weighted by Crippen LogP contribution is -2.23. The molecule has 0 aliphatic carbocycles. The fourth-order valence-corrected chi connectivity index (χ4v) is 1.24. The molecule has 1 aromatic heterocycles. The second-order valence-corrected chi connectivity index (χ2v) is 3.76. The minimum atomic E-state index is -1.08. The largest absolute Gasteiger partial charge is 0.479 e. The van der Waals surface area contributed by atoms with Crippen LogP contribution in [0.1, 0.15) is 12.6 Å². The number of ether oxygens (including phenoxy) is 1. The number of rotatable bonds is 3. The molecule has 0 saturated heterocycles. The maximum atomic E-state index is 10.5. The van der Waals surface area contributed by atoms with Crippen LogP contribution >= 0.6 is 23.2 Å². The molecular formula is C9H9Cl2NO3. The highest BCUT2D eigenvalue weighted by molar-refractivity contribution is 6.35. The van der Waals surface area contributed by atoms with E-state index in [0.29, 0.717) is 10.7 Å². The normalized spacial score (nSPS) is 12.3. The van der Waals surface area contributed by atoms with E-state index in [0.717, 1.165) is 0 Å². The molecule has 0 aliphatic rings. The lowest BCUT2D eigenvalue weighted by atomic mass is 10.3. The van der Waals surface area contributed by atoms with Crippen LogP contribution in [-0.4, -0.2) is 22.2 Å². The van der Waals surface area contributed by atoms with Crippen LogP contribution in [0, 0.1) is 6.92 Å². The van der Waals surface area contributed by atoms with Crippen molar-refractivity contribution < 1.29 is 14.6 Å². The molecule has 1 aromatic rings. The Morgan fingerprint density at radius 1 is 1.53 bits per heavy atom. The molecule has 0 aliphatic heterocycles. The van der Waals surface area contributed by atoms with E-state index in [1.807, 2.05) is 0 Å². The second-order valence-electron chi connectivity index (χ2n) is 2.94. The molecule has 1 unspecified atom stereocenters. The molecule has 0 radical (unpaired) electrons. The van der Waals surface area contributed by atoms with Gasteiger partial charge in [-0.3, -0.25) is 0 Å². The first-order valence-electron chi connectivity index (χ1n) is 4.14. The van der Waals surface area contributed by atoms with Gasteiger partial charge in [0.1, 0.15) is 5.02 Å². The highest BCUT2D eigenvalue weighted by atomic mass is 35.5. The van der Waals surface area contributed by atoms with Gasteiger partial charge in [0.15, 0.2) is 6.10 Å². The zero-order chi connectivity index (χ0) is 11.6. The summed E-state index contributed by atoms with van der Waals surface area (Å²) in [6.45, 7) is 3.07. The predicted octanol–water partition coefficient (Wildman–Crippen LogP) is 2.55. The summed E-state index contributed by atoms with van der Waals surface area (Å²) in [7, 11) is 0. The molecule has 0 fully saturated rings. The average molecular weight is 250 g/mol. The van der Waals surface area contributed by atoms with Crippen LogP contribution in [0.2, 0.25) is 10.0 Å². The summed E-state index contributed by atoms with van der Waals surface area (Å²) in [5, 5.41) is 9.24. The third-order valence-corrected chi connectivity index (χ3v) is 2.36. The Morgan fingerprint density at radius 3 is 2.67 bits per heavy atom. The topological polar surface area (TPSA) is 59.4 Å². The van der Waals surface area contributed by atoms with Crippen molar-refractivity contribution in [2.45, 2.75) is 20.0 Å². The number of halogens is 2. The van der Waals surface area contributed by atoms with Gasteiger partial charge in [0.2, 0.25) is 5.88 Å². The zero-order valence-corrected chi connectivity index (χ0v) is 9.63. The molecule has 0 saturated carbocycles. The molecular weight excluding hydrogens is 241 g/mol. The Bertz CT molecular complexity index is 395. The Balaban J connectivity index is 2.95. The first-order valence-corrected chi connectivity index (χ1v) is 4.89. The van der Waals surface area contributed by atoms with Gasteiger partial charge in [-0.25, -0.2) is 9.78 Å². The third-order valence-electron chi connectivity index (χ3n) is 1.71. The summed E-state index contributed by atoms with van der Waals surface area (Å²) in [5.74, 6) is -1.01. The second kappa shape index (κ2) is 4.68. The van der Waals surface area contributed by atoms with Crippen molar-refractivity contribution in [3.63, 3.8) is 0 Å². The molecule has 6 heteroatoms. The van der Waals surface area contributed by atoms with Gasteiger partial charge >= 0.3 is 5.97 Å². The highest BCUT2D eigenvalue weighted by Crippen LogP contribution is 2.27. The van der Waals surface area contributed by atoms with Crippen molar-refractivity contribution in [3.8, 4) is 5.88 Å². The van der Waals surface area contributed by atoms with E-state index in [1.54, 1.807) is 6.92 Å². The van der Waals surface area contributed by atoms with E-state index >= 15 is 0 Å². The number of aromatic nitrogens is 1. The molecule has 0 spiro atoms. The number of aryl methyl sites for hydroxylation is 1. The summed E-state index contributed by atoms with van der Waals surface area (Å²) < 4.78 is 5.04. The van der Waals surface area contributed by atoms with Crippen LogP contribution in [0.5, 0.6) is 5.88 Å². The number of carboxylic acids is 1. The van der Waals surface area contributed by atoms with E-state index in [4.69, 9.17) is 33.0 Å². The molecule has 1 rings (SSSR count). The van der Waals surface area contributed by atoms with Crippen LogP contribution in [0.4, 0.5) is 0 Å². The summed E-state index contributed by atoms with van der Waals surface area (Å²) in [6, 6.07) is 1.47. The van der Waals surface area contributed by atoms with Crippen molar-refractivity contribution in [2.75, 3.05) is 0 Å². The van der Waals surface area contributed by atoms with Crippen LogP contribution in [0.3, 0.4) is 0 Å². The monoisotopic (exact) mass is 249 g/mol. The predicted molar refractivity (Wildman–Crippen MR) is 56.7 cm³/mol. The number of aliphatic carboxylic acids is 1. The van der Waals surface area contributed by atoms with Gasteiger partial charge in [0.25, 0.3) is 0 Å². The van der Waals surface area contributed by atoms with Gasteiger partial charge in [-0.05, 0) is 19.9 Å². The van der Waals surface area contributed by atoms with Crippen molar-refractivity contribution in [2.24, 2.45) is 0 Å². The fraction of sp³-hybridized carbons (Fsp3) is 0.333. The number of hydrogen-bond acceptors (Lipinski definition) is 3. The summed E-state index contributed by atoms with van der Waals surface area (Å²) in [4.78, 5) is 14.5. The first kappa shape index (κ1) is 12.1. The lowest BCUT2D eigenvalue weighted by molar-refractivity contribution is -0.144. The van der Waals surface area contributed by atoms with Gasteiger partial charge < -0.3 is 9.84 Å². The summed E-state index contributed by atoms with van der Waals surface area (Å²) in [6.07, 6.45) is -1.00. The molecule has 0 bridgehead atoms. The Kier molecular flexibility index (Phi) is 3.77. The van der Waals surface area contributed by atoms with Crippen molar-refractivity contribution >= 4 is 29.2 Å². The molecule has 1 heterocycles. The summed E-state index contributed by atoms with van der Waals surface area (Å²) >= 11 is 11.6. The van der Waals surface area contributed by atoms with E-state index in [9.17, 15) is 4.79 Å². The molecule has 1 N–H and O–H groups in total. The van der Waals surface area contributed by atoms with Crippen LogP contribution < -0.4 is 4.74 Å². The Morgan fingerprint density at radius 2 is 2.13 bits per heavy atom. The van der Waals surface area contributed by atoms with Gasteiger partial charge in [0.05, 0.1) is 10.7 Å². The number of nitrogens with zero attached hydrogens (tertiary/aromatic N) is 1. The Labute approximate surface area is 96.8 Å². The van der Waals surface area contributed by atoms with Crippen molar-refractivity contribution in [3.05, 3.63) is 21.8 Å². The van der Waals surface area contributed by atoms with Gasteiger partial charge in [-0.2, -0.15) is 0 Å². The maximum Gasteiger partial charge on any atom is 0.344 e. The highest BCUT2D eigenvalue weighted by Gasteiger charge is 2.16. The quantitative estimate of drug-likeness (QED) is 0.895. The molecule has 82 valence electrons. The molecule has 0 amide bonds. The van der Waals surface area contributed by atoms with Gasteiger partial charge in [-0.1, -0.05) is 23.2 Å². The van der Waals surface area contributed by atoms with Gasteiger partial charge in [-0.15, -0.1) is 0 Å². The molecule has 1 atom stereocenters. The first-order chi connectivity index (χ1) is 6.91. The maximum absolute atomic E-state index is 10.5. The van der Waals surface area contributed by atoms with Crippen LogP contribution in [-0.2, 0) is 4.79 Å². The number of carboxylic acid groups (broad SMARTS) is 1. The van der Waals surface area contributed by atoms with Gasteiger partial charge in [0, 0.05) is 0 Å². The molecule has 0 aromatic carbocycles. The van der Waals surface area contributed by atoms with Crippen LogP contribution in [0.25, 0.3) is 0 Å². The van der Waals surface area contributed by atoms with E-state index in [-0.39, 0.29) is 10.9 Å². The standard InChI is InChI=1S/C9H9Cl2NO3/c1-4-6(10)3-7(11)8(12-4)15-5(2)9(13)14/h3,5H,1-2H3,(H,13,14). The van der Waals surface area contributed by atoms with E-state index in [1.165, 1.54) is 13.0 Å². The number of pyridine rings is 1. The Hall–Kier alpha value is -1.000. The molecule has 15 heavy (non-hydrogen) atoms. The summed E-state index contributed by atoms with van der Waals surface area (Å²) in [5.41, 5.74) is 0.536. The molecule has 4 nitrogen and oxygen atoms in total. The van der Waals surface area contributed by atoms with Crippen LogP contribution in [0.15, 0.2) is 6.07 Å². The smallest absolute Gasteiger partial charge is 0.344 e. The minimum Gasteiger partial charge on any atom is -0.479 e.